The van der Waals surface area contributed by atoms with Crippen LogP contribution in [0, 0.1) is 0 Å². The van der Waals surface area contributed by atoms with Crippen molar-refractivity contribution in [2.24, 2.45) is 0 Å². The molecule has 0 aromatic rings. The van der Waals surface area contributed by atoms with E-state index in [1.807, 2.05) is 0 Å². The highest BCUT2D eigenvalue weighted by Gasteiger charge is 2.23. The Morgan fingerprint density at radius 1 is 1.36 bits per heavy atom. The van der Waals surface area contributed by atoms with Crippen LogP contribution in [0.15, 0.2) is 0 Å². The summed E-state index contributed by atoms with van der Waals surface area (Å²) < 4.78 is 10.2. The Labute approximate surface area is 73.9 Å². The molecule has 0 amide bonds. The van der Waals surface area contributed by atoms with E-state index in [2.05, 4.69) is 5.32 Å². The summed E-state index contributed by atoms with van der Waals surface area (Å²) in [4.78, 5) is 0. The average molecular weight is 182 g/mol. The standard InChI is InChI=1S/C7H15NO2.ClH/c1-9-7(10-2)6-4-3-5-8-6;/h6-8H,3-5H2,1-2H3;1H/t6-;/m0./s1. The molecule has 1 aliphatic rings. The van der Waals surface area contributed by atoms with E-state index in [1.54, 1.807) is 14.2 Å². The van der Waals surface area contributed by atoms with Crippen LogP contribution >= 0.6 is 12.4 Å². The molecule has 0 spiro atoms. The largest absolute Gasteiger partial charge is 0.354 e. The summed E-state index contributed by atoms with van der Waals surface area (Å²) in [7, 11) is 3.35. The third kappa shape index (κ3) is 2.95. The van der Waals surface area contributed by atoms with Gasteiger partial charge in [-0.15, -0.1) is 12.4 Å². The predicted octanol–water partition coefficient (Wildman–Crippen LogP) is 0.779. The van der Waals surface area contributed by atoms with Crippen molar-refractivity contribution in [3.8, 4) is 0 Å². The number of rotatable bonds is 3. The normalized spacial score (nSPS) is 23.7. The number of ether oxygens (including phenoxy) is 2. The molecule has 0 bridgehead atoms. The fourth-order valence-electron chi connectivity index (χ4n) is 1.37. The zero-order chi connectivity index (χ0) is 7.40. The first-order valence-corrected chi connectivity index (χ1v) is 3.67. The molecule has 3 nitrogen and oxygen atoms in total. The number of nitrogens with one attached hydrogen (secondary N) is 1. The van der Waals surface area contributed by atoms with E-state index in [-0.39, 0.29) is 18.7 Å². The molecule has 0 unspecified atom stereocenters. The van der Waals surface area contributed by atoms with E-state index in [0.717, 1.165) is 13.0 Å². The van der Waals surface area contributed by atoms with Gasteiger partial charge in [-0.1, -0.05) is 0 Å². The van der Waals surface area contributed by atoms with E-state index in [0.29, 0.717) is 6.04 Å². The van der Waals surface area contributed by atoms with E-state index in [4.69, 9.17) is 9.47 Å². The first kappa shape index (κ1) is 11.2. The molecular weight excluding hydrogens is 166 g/mol. The van der Waals surface area contributed by atoms with Crippen LogP contribution in [0.3, 0.4) is 0 Å². The molecule has 1 saturated heterocycles. The Bertz CT molecular complexity index is 92.4. The first-order chi connectivity index (χ1) is 4.88. The maximum atomic E-state index is 5.10. The number of methoxy groups -OCH3 is 2. The monoisotopic (exact) mass is 181 g/mol. The van der Waals surface area contributed by atoms with Crippen LogP contribution in [-0.4, -0.2) is 33.1 Å². The third-order valence-corrected chi connectivity index (χ3v) is 1.89. The van der Waals surface area contributed by atoms with E-state index >= 15 is 0 Å². The highest BCUT2D eigenvalue weighted by molar-refractivity contribution is 5.85. The quantitative estimate of drug-likeness (QED) is 0.653. The molecule has 1 aliphatic heterocycles. The lowest BCUT2D eigenvalue weighted by Crippen LogP contribution is -2.37. The lowest BCUT2D eigenvalue weighted by atomic mass is 10.2. The Balaban J connectivity index is 0.000001000. The van der Waals surface area contributed by atoms with Crippen LogP contribution in [0.25, 0.3) is 0 Å². The van der Waals surface area contributed by atoms with Gasteiger partial charge in [0, 0.05) is 14.2 Å². The number of hydrogen-bond donors (Lipinski definition) is 1. The fourth-order valence-corrected chi connectivity index (χ4v) is 1.37. The minimum atomic E-state index is -0.0671. The van der Waals surface area contributed by atoms with Gasteiger partial charge < -0.3 is 14.8 Å². The molecule has 0 radical (unpaired) electrons. The Kier molecular flexibility index (Phi) is 5.86. The van der Waals surface area contributed by atoms with Crippen molar-refractivity contribution in [3.05, 3.63) is 0 Å². The Morgan fingerprint density at radius 3 is 2.36 bits per heavy atom. The molecule has 1 atom stereocenters. The molecule has 0 aromatic carbocycles. The summed E-state index contributed by atoms with van der Waals surface area (Å²) in [5.41, 5.74) is 0. The SMILES string of the molecule is COC(OC)[C@@H]1CCCN1.Cl. The lowest BCUT2D eigenvalue weighted by Gasteiger charge is -2.19. The predicted molar refractivity (Wildman–Crippen MR) is 46.1 cm³/mol. The van der Waals surface area contributed by atoms with Crippen molar-refractivity contribution < 1.29 is 9.47 Å². The van der Waals surface area contributed by atoms with Crippen LogP contribution in [0.4, 0.5) is 0 Å². The zero-order valence-electron chi connectivity index (χ0n) is 7.00. The van der Waals surface area contributed by atoms with Gasteiger partial charge in [0.25, 0.3) is 0 Å². The van der Waals surface area contributed by atoms with Crippen molar-refractivity contribution in [3.63, 3.8) is 0 Å². The fraction of sp³-hybridized carbons (Fsp3) is 1.00. The summed E-state index contributed by atoms with van der Waals surface area (Å²) in [6.45, 7) is 1.09. The Morgan fingerprint density at radius 2 is 2.00 bits per heavy atom. The summed E-state index contributed by atoms with van der Waals surface area (Å²) >= 11 is 0. The molecule has 4 heteroatoms. The molecule has 0 aliphatic carbocycles. The minimum absolute atomic E-state index is 0. The molecule has 0 saturated carbocycles. The van der Waals surface area contributed by atoms with Crippen LogP contribution in [0.1, 0.15) is 12.8 Å². The van der Waals surface area contributed by atoms with Crippen molar-refractivity contribution in [1.29, 1.82) is 0 Å². The minimum Gasteiger partial charge on any atom is -0.354 e. The van der Waals surface area contributed by atoms with E-state index in [1.165, 1.54) is 6.42 Å². The van der Waals surface area contributed by atoms with Gasteiger partial charge in [-0.3, -0.25) is 0 Å². The van der Waals surface area contributed by atoms with Crippen molar-refractivity contribution in [2.45, 2.75) is 25.2 Å². The zero-order valence-corrected chi connectivity index (χ0v) is 7.82. The third-order valence-electron chi connectivity index (χ3n) is 1.89. The van der Waals surface area contributed by atoms with Crippen LogP contribution < -0.4 is 5.32 Å². The molecule has 1 N–H and O–H groups in total. The summed E-state index contributed by atoms with van der Waals surface area (Å²) in [5.74, 6) is 0. The van der Waals surface area contributed by atoms with Crippen molar-refractivity contribution in [2.75, 3.05) is 20.8 Å². The van der Waals surface area contributed by atoms with E-state index < -0.39 is 0 Å². The second-order valence-corrected chi connectivity index (χ2v) is 2.54. The molecular formula is C7H16ClNO2. The van der Waals surface area contributed by atoms with Gasteiger partial charge in [-0.2, -0.15) is 0 Å². The second-order valence-electron chi connectivity index (χ2n) is 2.54. The highest BCUT2D eigenvalue weighted by Crippen LogP contribution is 2.11. The van der Waals surface area contributed by atoms with Gasteiger partial charge in [0.05, 0.1) is 6.04 Å². The van der Waals surface area contributed by atoms with Crippen molar-refractivity contribution in [1.82, 2.24) is 5.32 Å². The van der Waals surface area contributed by atoms with Gasteiger partial charge >= 0.3 is 0 Å². The second kappa shape index (κ2) is 5.77. The summed E-state index contributed by atoms with van der Waals surface area (Å²) in [5, 5.41) is 3.31. The molecule has 1 heterocycles. The molecule has 1 rings (SSSR count). The van der Waals surface area contributed by atoms with Crippen LogP contribution in [0.5, 0.6) is 0 Å². The molecule has 11 heavy (non-hydrogen) atoms. The number of hydrogen-bond acceptors (Lipinski definition) is 3. The maximum absolute atomic E-state index is 5.10. The van der Waals surface area contributed by atoms with Gasteiger partial charge in [0.2, 0.25) is 0 Å². The topological polar surface area (TPSA) is 30.5 Å². The van der Waals surface area contributed by atoms with Crippen LogP contribution in [0.2, 0.25) is 0 Å². The lowest BCUT2D eigenvalue weighted by molar-refractivity contribution is -0.119. The average Bonchev–Trinajstić information content (AvgIpc) is 2.43. The smallest absolute Gasteiger partial charge is 0.171 e. The van der Waals surface area contributed by atoms with Gasteiger partial charge in [-0.05, 0) is 19.4 Å². The van der Waals surface area contributed by atoms with Crippen LogP contribution in [-0.2, 0) is 9.47 Å². The van der Waals surface area contributed by atoms with Gasteiger partial charge in [-0.25, -0.2) is 0 Å². The molecule has 68 valence electrons. The highest BCUT2D eigenvalue weighted by atomic mass is 35.5. The molecule has 1 fully saturated rings. The first-order valence-electron chi connectivity index (χ1n) is 3.67. The maximum Gasteiger partial charge on any atom is 0.171 e. The Hall–Kier alpha value is 0.170. The summed E-state index contributed by atoms with van der Waals surface area (Å²) in [6.07, 6.45) is 2.32. The summed E-state index contributed by atoms with van der Waals surface area (Å²) in [6, 6.07) is 0.398. The van der Waals surface area contributed by atoms with Gasteiger partial charge in [0.15, 0.2) is 6.29 Å². The number of halogens is 1. The van der Waals surface area contributed by atoms with Gasteiger partial charge in [0.1, 0.15) is 0 Å². The van der Waals surface area contributed by atoms with E-state index in [9.17, 15) is 0 Å². The molecule has 0 aromatic heterocycles. The van der Waals surface area contributed by atoms with Crippen molar-refractivity contribution >= 4 is 12.4 Å².